The maximum atomic E-state index is 13.6. The van der Waals surface area contributed by atoms with Gasteiger partial charge in [-0.15, -0.1) is 0 Å². The Morgan fingerprint density at radius 2 is 1.73 bits per heavy atom. The maximum Gasteiger partial charge on any atom is 0.235 e. The smallest absolute Gasteiger partial charge is 0.235 e. The molecule has 1 aromatic rings. The highest BCUT2D eigenvalue weighted by Crippen LogP contribution is 2.54. The van der Waals surface area contributed by atoms with Crippen LogP contribution in [-0.2, 0) is 19.2 Å². The number of hydrogen-bond donors (Lipinski definition) is 5. The number of carbonyl (C=O) groups excluding carboxylic acids is 5. The summed E-state index contributed by atoms with van der Waals surface area (Å²) in [6, 6.07) is 1.03. The molecule has 1 aromatic carbocycles. The van der Waals surface area contributed by atoms with Gasteiger partial charge in [-0.2, -0.15) is 0 Å². The minimum absolute atomic E-state index is 0.0420. The first kappa shape index (κ1) is 22.8. The number of nitrogens with two attached hydrogens (primary N) is 2. The highest BCUT2D eigenvalue weighted by Gasteiger charge is 2.72. The van der Waals surface area contributed by atoms with Crippen LogP contribution in [0, 0.1) is 23.7 Å². The van der Waals surface area contributed by atoms with E-state index in [1.54, 1.807) is 0 Å². The van der Waals surface area contributed by atoms with Gasteiger partial charge in [0, 0.05) is 17.2 Å². The van der Waals surface area contributed by atoms with E-state index < -0.39 is 76.2 Å². The van der Waals surface area contributed by atoms with E-state index in [0.29, 0.717) is 0 Å². The molecule has 11 heteroatoms. The van der Waals surface area contributed by atoms with Gasteiger partial charge in [-0.3, -0.25) is 28.9 Å². The molecule has 0 radical (unpaired) electrons. The van der Waals surface area contributed by atoms with E-state index in [4.69, 9.17) is 11.5 Å². The predicted molar refractivity (Wildman–Crippen MR) is 112 cm³/mol. The van der Waals surface area contributed by atoms with Gasteiger partial charge in [0.15, 0.2) is 34.7 Å². The molecule has 3 aliphatic rings. The molecule has 0 saturated heterocycles. The molecule has 4 rings (SSSR count). The highest BCUT2D eigenvalue weighted by atomic mass is 16.3. The lowest BCUT2D eigenvalue weighted by Crippen LogP contribution is -2.77. The van der Waals surface area contributed by atoms with E-state index in [2.05, 4.69) is 6.58 Å². The number of nitrogen functional groups attached to an aromatic ring is 1. The van der Waals surface area contributed by atoms with E-state index in [1.165, 1.54) is 25.1 Å². The molecule has 174 valence electrons. The van der Waals surface area contributed by atoms with Crippen LogP contribution < -0.4 is 11.5 Å². The number of rotatable bonds is 2. The van der Waals surface area contributed by atoms with Crippen molar-refractivity contribution >= 4 is 40.3 Å². The van der Waals surface area contributed by atoms with Gasteiger partial charge in [0.2, 0.25) is 5.91 Å². The first-order valence-electron chi connectivity index (χ1n) is 10.1. The summed E-state index contributed by atoms with van der Waals surface area (Å²) in [6.45, 7) is 3.88. The number of nitrogens with zero attached hydrogens (tertiary/aromatic N) is 1. The second-order valence-electron chi connectivity index (χ2n) is 8.97. The minimum Gasteiger partial charge on any atom is -0.507 e. The highest BCUT2D eigenvalue weighted by molar-refractivity contribution is 6.33. The van der Waals surface area contributed by atoms with Gasteiger partial charge in [0.25, 0.3) is 0 Å². The quantitative estimate of drug-likeness (QED) is 0.186. The number of carbonyl (C=O) groups is 5. The van der Waals surface area contributed by atoms with Crippen molar-refractivity contribution in [3.8, 4) is 5.75 Å². The Balaban J connectivity index is 1.99. The van der Waals surface area contributed by atoms with Crippen molar-refractivity contribution in [3.05, 3.63) is 29.8 Å². The van der Waals surface area contributed by atoms with E-state index in [-0.39, 0.29) is 22.4 Å². The van der Waals surface area contributed by atoms with E-state index in [9.17, 15) is 39.3 Å². The second-order valence-corrected chi connectivity index (χ2v) is 8.97. The molecule has 2 unspecified atom stereocenters. The van der Waals surface area contributed by atoms with Crippen LogP contribution >= 0.6 is 0 Å². The molecule has 11 nitrogen and oxygen atoms in total. The van der Waals surface area contributed by atoms with Crippen molar-refractivity contribution in [3.63, 3.8) is 0 Å². The summed E-state index contributed by atoms with van der Waals surface area (Å²) in [4.78, 5) is 66.4. The summed E-state index contributed by atoms with van der Waals surface area (Å²) in [6.07, 6.45) is -1.78. The summed E-state index contributed by atoms with van der Waals surface area (Å²) in [5.41, 5.74) is 8.01. The first-order valence-corrected chi connectivity index (χ1v) is 10.1. The zero-order valence-electron chi connectivity index (χ0n) is 17.8. The number of phenols is 1. The van der Waals surface area contributed by atoms with Gasteiger partial charge in [-0.1, -0.05) is 6.58 Å². The Hall–Kier alpha value is -3.41. The monoisotopic (exact) mass is 457 g/mol. The lowest BCUT2D eigenvalue weighted by Gasteiger charge is -2.55. The third-order valence-electron chi connectivity index (χ3n) is 7.10. The Kier molecular flexibility index (Phi) is 4.86. The number of phenolic OH excluding ortho intramolecular Hbond substituents is 1. The van der Waals surface area contributed by atoms with Gasteiger partial charge < -0.3 is 26.8 Å². The number of amides is 1. The number of aromatic hydroxyl groups is 1. The number of aliphatic hydroxyl groups excluding tert-OH is 1. The number of ketones is 4. The molecule has 0 heterocycles. The molecular formula is C22H23N3O8. The topological polar surface area (TPSA) is 201 Å². The van der Waals surface area contributed by atoms with Gasteiger partial charge in [0.05, 0.1) is 29.5 Å². The average molecular weight is 457 g/mol. The molecule has 33 heavy (non-hydrogen) atoms. The fourth-order valence-electron chi connectivity index (χ4n) is 5.69. The molecule has 7 atom stereocenters. The molecule has 3 aliphatic carbocycles. The van der Waals surface area contributed by atoms with Crippen LogP contribution in [0.15, 0.2) is 18.7 Å². The van der Waals surface area contributed by atoms with Crippen LogP contribution in [0.25, 0.3) is 5.57 Å². The van der Waals surface area contributed by atoms with E-state index in [1.807, 2.05) is 0 Å². The minimum atomic E-state index is -3.05. The summed E-state index contributed by atoms with van der Waals surface area (Å²) in [7, 11) is 2.82. The Morgan fingerprint density at radius 1 is 1.12 bits per heavy atom. The predicted octanol–water partition coefficient (Wildman–Crippen LogP) is -2.11. The molecular weight excluding hydrogens is 434 g/mol. The fourth-order valence-corrected chi connectivity index (χ4v) is 5.69. The summed E-state index contributed by atoms with van der Waals surface area (Å²) in [5, 5.41) is 33.1. The standard InChI is InChI=1S/C22H23N3O8/c1-6-9-7(23)4-5-8(26)11(9)16(27)12-10(6)17(28)14-15(25(2)3)18(29)13(21(24)32)20(31)22(14,33)19(12)30/h4-5,10,12-15,17,26,28,33H,1,23H2,2-3H3,(H2,24,32)/t10-,12?,13?,14-,15+,17+,22+/m1/s1. The number of benzene rings is 1. The largest absolute Gasteiger partial charge is 0.507 e. The summed E-state index contributed by atoms with van der Waals surface area (Å²) in [5.74, 6) is -13.5. The summed E-state index contributed by atoms with van der Waals surface area (Å²) < 4.78 is 0. The Morgan fingerprint density at radius 3 is 2.27 bits per heavy atom. The molecule has 0 spiro atoms. The molecule has 1 amide bonds. The Bertz CT molecular complexity index is 1170. The molecule has 0 aliphatic heterocycles. The maximum absolute atomic E-state index is 13.6. The molecule has 7 N–H and O–H groups in total. The Labute approximate surface area is 187 Å². The molecule has 0 aromatic heterocycles. The SMILES string of the molecule is C=C1c2c(N)ccc(O)c2C(=O)C2C(=O)[C@]3(O)C(=O)C(C(N)=O)C(=O)[C@@H](N(C)C)[C@@H]3[C@@H](O)[C@H]12. The van der Waals surface area contributed by atoms with Gasteiger partial charge in [-0.25, -0.2) is 0 Å². The van der Waals surface area contributed by atoms with E-state index >= 15 is 0 Å². The first-order chi connectivity index (χ1) is 15.3. The van der Waals surface area contributed by atoms with Crippen LogP contribution in [-0.4, -0.2) is 81.1 Å². The van der Waals surface area contributed by atoms with Crippen molar-refractivity contribution in [2.45, 2.75) is 17.7 Å². The third-order valence-corrected chi connectivity index (χ3v) is 7.10. The van der Waals surface area contributed by atoms with Crippen molar-refractivity contribution in [1.82, 2.24) is 4.90 Å². The van der Waals surface area contributed by atoms with Crippen LogP contribution in [0.5, 0.6) is 5.75 Å². The number of primary amides is 1. The number of fused-ring (bicyclic) bond motifs is 3. The third kappa shape index (κ3) is 2.63. The van der Waals surface area contributed by atoms with Crippen LogP contribution in [0.2, 0.25) is 0 Å². The fraction of sp³-hybridized carbons (Fsp3) is 0.409. The molecule has 2 fully saturated rings. The number of hydrogen-bond acceptors (Lipinski definition) is 10. The van der Waals surface area contributed by atoms with Crippen molar-refractivity contribution in [2.24, 2.45) is 29.4 Å². The second kappa shape index (κ2) is 7.04. The van der Waals surface area contributed by atoms with Gasteiger partial charge in [0.1, 0.15) is 5.75 Å². The normalized spacial score (nSPS) is 35.8. The average Bonchev–Trinajstić information content (AvgIpc) is 2.72. The van der Waals surface area contributed by atoms with Crippen LogP contribution in [0.1, 0.15) is 15.9 Å². The number of likely N-dealkylation sites (N-methyl/N-ethyl adjacent to an activating group) is 1. The van der Waals surface area contributed by atoms with Crippen molar-refractivity contribution < 1.29 is 39.3 Å². The molecule has 2 saturated carbocycles. The van der Waals surface area contributed by atoms with E-state index in [0.717, 1.165) is 6.07 Å². The number of anilines is 1. The van der Waals surface area contributed by atoms with Gasteiger partial charge >= 0.3 is 0 Å². The number of Topliss-reactive ketones (excluding diaryl/α,β-unsaturated/α-hetero) is 4. The molecule has 0 bridgehead atoms. The number of aliphatic hydroxyl groups is 2. The van der Waals surface area contributed by atoms with Crippen LogP contribution in [0.3, 0.4) is 0 Å². The van der Waals surface area contributed by atoms with Crippen molar-refractivity contribution in [1.29, 1.82) is 0 Å². The van der Waals surface area contributed by atoms with Crippen LogP contribution in [0.4, 0.5) is 5.69 Å². The van der Waals surface area contributed by atoms with Crippen molar-refractivity contribution in [2.75, 3.05) is 19.8 Å². The zero-order valence-corrected chi connectivity index (χ0v) is 17.8. The lowest BCUT2D eigenvalue weighted by atomic mass is 9.50. The lowest BCUT2D eigenvalue weighted by molar-refractivity contribution is -0.192. The zero-order chi connectivity index (χ0) is 24.7. The summed E-state index contributed by atoms with van der Waals surface area (Å²) >= 11 is 0. The van der Waals surface area contributed by atoms with Gasteiger partial charge in [-0.05, 0) is 31.8 Å².